The van der Waals surface area contributed by atoms with Crippen molar-refractivity contribution in [2.24, 2.45) is 5.92 Å². The van der Waals surface area contributed by atoms with Gasteiger partial charge in [0.25, 0.3) is 0 Å². The summed E-state index contributed by atoms with van der Waals surface area (Å²) in [5.74, 6) is 0.384. The summed E-state index contributed by atoms with van der Waals surface area (Å²) in [6, 6.07) is 10.1. The first-order chi connectivity index (χ1) is 11.1. The van der Waals surface area contributed by atoms with E-state index in [-0.39, 0.29) is 17.8 Å². The summed E-state index contributed by atoms with van der Waals surface area (Å²) in [6.07, 6.45) is 2.55. The molecule has 2 saturated heterocycles. The van der Waals surface area contributed by atoms with E-state index < -0.39 is 10.0 Å². The molecule has 0 N–H and O–H groups in total. The van der Waals surface area contributed by atoms with Crippen LogP contribution in [0.15, 0.2) is 30.3 Å². The maximum atomic E-state index is 12.5. The van der Waals surface area contributed by atoms with E-state index in [0.717, 1.165) is 24.8 Å². The number of hydrogen-bond donors (Lipinski definition) is 0. The Kier molecular flexibility index (Phi) is 5.69. The molecule has 1 aromatic rings. The van der Waals surface area contributed by atoms with Crippen LogP contribution in [0.5, 0.6) is 0 Å². The van der Waals surface area contributed by atoms with Gasteiger partial charge >= 0.3 is 0 Å². The van der Waals surface area contributed by atoms with Crippen molar-refractivity contribution in [1.29, 1.82) is 0 Å². The van der Waals surface area contributed by atoms with Gasteiger partial charge in [-0.15, -0.1) is 0 Å². The maximum absolute atomic E-state index is 12.5. The SMILES string of the molecule is O=S(=O)(C[C@@H]1CCOC1)N1CCC(OCc2ccccc2)CC1. The molecule has 2 heterocycles. The van der Waals surface area contributed by atoms with Crippen LogP contribution in [0.25, 0.3) is 0 Å². The van der Waals surface area contributed by atoms with E-state index in [0.29, 0.717) is 32.9 Å². The van der Waals surface area contributed by atoms with Gasteiger partial charge in [0.05, 0.1) is 25.1 Å². The highest BCUT2D eigenvalue weighted by molar-refractivity contribution is 7.89. The summed E-state index contributed by atoms with van der Waals surface area (Å²) >= 11 is 0. The molecule has 1 atom stereocenters. The first-order valence-electron chi connectivity index (χ1n) is 8.34. The Hall–Kier alpha value is -0.950. The molecule has 0 bridgehead atoms. The highest BCUT2D eigenvalue weighted by Crippen LogP contribution is 2.22. The molecule has 0 saturated carbocycles. The van der Waals surface area contributed by atoms with Crippen molar-refractivity contribution in [2.75, 3.05) is 32.1 Å². The van der Waals surface area contributed by atoms with Crippen LogP contribution >= 0.6 is 0 Å². The lowest BCUT2D eigenvalue weighted by atomic mass is 10.1. The van der Waals surface area contributed by atoms with E-state index in [2.05, 4.69) is 0 Å². The van der Waals surface area contributed by atoms with Crippen LogP contribution < -0.4 is 0 Å². The van der Waals surface area contributed by atoms with Gasteiger partial charge in [0.2, 0.25) is 10.0 Å². The van der Waals surface area contributed by atoms with Crippen LogP contribution in [0, 0.1) is 5.92 Å². The summed E-state index contributed by atoms with van der Waals surface area (Å²) in [7, 11) is -3.16. The quantitative estimate of drug-likeness (QED) is 0.796. The molecule has 5 nitrogen and oxygen atoms in total. The monoisotopic (exact) mass is 339 g/mol. The number of piperidine rings is 1. The summed E-state index contributed by atoms with van der Waals surface area (Å²) in [6.45, 7) is 2.99. The molecule has 23 heavy (non-hydrogen) atoms. The minimum atomic E-state index is -3.16. The molecular formula is C17H25NO4S. The van der Waals surface area contributed by atoms with Crippen molar-refractivity contribution >= 4 is 10.0 Å². The number of sulfonamides is 1. The van der Waals surface area contributed by atoms with Crippen LogP contribution in [-0.4, -0.2) is 50.9 Å². The zero-order valence-corrected chi connectivity index (χ0v) is 14.2. The number of benzene rings is 1. The van der Waals surface area contributed by atoms with Crippen LogP contribution in [0.1, 0.15) is 24.8 Å². The molecule has 3 rings (SSSR count). The van der Waals surface area contributed by atoms with Crippen LogP contribution in [0.2, 0.25) is 0 Å². The third-order valence-corrected chi connectivity index (χ3v) is 6.64. The summed E-state index contributed by atoms with van der Waals surface area (Å²) in [5.41, 5.74) is 1.16. The van der Waals surface area contributed by atoms with Gasteiger partial charge in [-0.3, -0.25) is 0 Å². The largest absolute Gasteiger partial charge is 0.381 e. The Morgan fingerprint density at radius 3 is 2.52 bits per heavy atom. The molecule has 1 aromatic carbocycles. The lowest BCUT2D eigenvalue weighted by Gasteiger charge is -2.31. The molecule has 0 aromatic heterocycles. The Morgan fingerprint density at radius 2 is 1.87 bits per heavy atom. The van der Waals surface area contributed by atoms with Gasteiger partial charge in [-0.25, -0.2) is 12.7 Å². The minimum absolute atomic E-state index is 0.150. The molecule has 0 unspecified atom stereocenters. The van der Waals surface area contributed by atoms with Crippen molar-refractivity contribution < 1.29 is 17.9 Å². The first-order valence-corrected chi connectivity index (χ1v) is 9.95. The predicted octanol–water partition coefficient (Wildman–Crippen LogP) is 2.03. The van der Waals surface area contributed by atoms with E-state index in [1.807, 2.05) is 30.3 Å². The van der Waals surface area contributed by atoms with Gasteiger partial charge in [-0.2, -0.15) is 0 Å². The second-order valence-electron chi connectivity index (χ2n) is 6.40. The third-order valence-electron chi connectivity index (χ3n) is 4.59. The zero-order chi connectivity index (χ0) is 16.1. The Balaban J connectivity index is 1.44. The molecule has 6 heteroatoms. The van der Waals surface area contributed by atoms with Gasteiger partial charge in [0.15, 0.2) is 0 Å². The second-order valence-corrected chi connectivity index (χ2v) is 8.42. The van der Waals surface area contributed by atoms with E-state index in [4.69, 9.17) is 9.47 Å². The lowest BCUT2D eigenvalue weighted by Crippen LogP contribution is -2.43. The van der Waals surface area contributed by atoms with Crippen molar-refractivity contribution in [3.63, 3.8) is 0 Å². The molecular weight excluding hydrogens is 314 g/mol. The van der Waals surface area contributed by atoms with Crippen LogP contribution in [0.4, 0.5) is 0 Å². The molecule has 0 spiro atoms. The summed E-state index contributed by atoms with van der Waals surface area (Å²) < 4.78 is 37.7. The predicted molar refractivity (Wildman–Crippen MR) is 88.5 cm³/mol. The topological polar surface area (TPSA) is 55.8 Å². The first kappa shape index (κ1) is 16.9. The number of ether oxygens (including phenoxy) is 2. The Bertz CT molecular complexity index is 576. The number of nitrogens with zero attached hydrogens (tertiary/aromatic N) is 1. The minimum Gasteiger partial charge on any atom is -0.381 e. The molecule has 2 aliphatic heterocycles. The van der Waals surface area contributed by atoms with Gasteiger partial charge in [-0.1, -0.05) is 30.3 Å². The molecule has 2 aliphatic rings. The van der Waals surface area contributed by atoms with E-state index in [9.17, 15) is 8.42 Å². The summed E-state index contributed by atoms with van der Waals surface area (Å²) in [4.78, 5) is 0. The second kappa shape index (κ2) is 7.75. The fourth-order valence-electron chi connectivity index (χ4n) is 3.18. The van der Waals surface area contributed by atoms with E-state index in [1.165, 1.54) is 0 Å². The van der Waals surface area contributed by atoms with Gasteiger partial charge in [0.1, 0.15) is 0 Å². The standard InChI is InChI=1S/C17H25NO4S/c19-23(20,14-16-8-11-21-12-16)18-9-6-17(7-10-18)22-13-15-4-2-1-3-5-15/h1-5,16-17H,6-14H2/t16-/m1/s1. The highest BCUT2D eigenvalue weighted by Gasteiger charge is 2.31. The fraction of sp³-hybridized carbons (Fsp3) is 0.647. The highest BCUT2D eigenvalue weighted by atomic mass is 32.2. The van der Waals surface area contributed by atoms with Crippen molar-refractivity contribution in [3.05, 3.63) is 35.9 Å². The molecule has 2 fully saturated rings. The average molecular weight is 339 g/mol. The van der Waals surface area contributed by atoms with Gasteiger partial charge in [-0.05, 0) is 30.7 Å². The number of hydrogen-bond acceptors (Lipinski definition) is 4. The molecule has 128 valence electrons. The third kappa shape index (κ3) is 4.76. The Labute approximate surface area is 138 Å². The van der Waals surface area contributed by atoms with Crippen LogP contribution in [-0.2, 0) is 26.1 Å². The fourth-order valence-corrected chi connectivity index (χ4v) is 5.02. The van der Waals surface area contributed by atoms with Gasteiger partial charge < -0.3 is 9.47 Å². The lowest BCUT2D eigenvalue weighted by molar-refractivity contribution is 0.0102. The van der Waals surface area contributed by atoms with Gasteiger partial charge in [0, 0.05) is 19.7 Å². The van der Waals surface area contributed by atoms with Crippen molar-refractivity contribution in [1.82, 2.24) is 4.31 Å². The number of rotatable bonds is 6. The summed E-state index contributed by atoms with van der Waals surface area (Å²) in [5, 5.41) is 0. The van der Waals surface area contributed by atoms with Crippen molar-refractivity contribution in [2.45, 2.75) is 32.0 Å². The maximum Gasteiger partial charge on any atom is 0.214 e. The van der Waals surface area contributed by atoms with E-state index in [1.54, 1.807) is 4.31 Å². The normalized spacial score (nSPS) is 24.1. The molecule has 0 amide bonds. The molecule has 0 aliphatic carbocycles. The molecule has 0 radical (unpaired) electrons. The average Bonchev–Trinajstić information content (AvgIpc) is 3.06. The Morgan fingerprint density at radius 1 is 1.13 bits per heavy atom. The van der Waals surface area contributed by atoms with Crippen molar-refractivity contribution in [3.8, 4) is 0 Å². The smallest absolute Gasteiger partial charge is 0.214 e. The van der Waals surface area contributed by atoms with E-state index >= 15 is 0 Å². The zero-order valence-electron chi connectivity index (χ0n) is 13.4. The van der Waals surface area contributed by atoms with Crippen LogP contribution in [0.3, 0.4) is 0 Å².